The zero-order valence-electron chi connectivity index (χ0n) is 17.5. The Hall–Kier alpha value is -3.01. The summed E-state index contributed by atoms with van der Waals surface area (Å²) in [5, 5.41) is 23.1. The van der Waals surface area contributed by atoms with Gasteiger partial charge in [0.15, 0.2) is 17.3 Å². The van der Waals surface area contributed by atoms with Crippen molar-refractivity contribution < 1.29 is 19.7 Å². The predicted octanol–water partition coefficient (Wildman–Crippen LogP) is 2.87. The number of methoxy groups -OCH3 is 2. The minimum absolute atomic E-state index is 0.0691. The molecule has 0 radical (unpaired) electrons. The number of likely N-dealkylation sites (tertiary alicyclic amines) is 1. The average molecular weight is 446 g/mol. The van der Waals surface area contributed by atoms with E-state index in [1.54, 1.807) is 6.07 Å². The summed E-state index contributed by atoms with van der Waals surface area (Å²) < 4.78 is 12.3. The second kappa shape index (κ2) is 8.62. The Morgan fingerprint density at radius 2 is 2.00 bits per heavy atom. The number of nitrogens with one attached hydrogen (secondary N) is 1. The van der Waals surface area contributed by atoms with Crippen molar-refractivity contribution in [3.63, 3.8) is 0 Å². The molecule has 2 aromatic heterocycles. The van der Waals surface area contributed by atoms with Crippen molar-refractivity contribution in [2.45, 2.75) is 19.6 Å². The zero-order valence-corrected chi connectivity index (χ0v) is 18.2. The molecule has 4 rings (SSSR count). The van der Waals surface area contributed by atoms with Gasteiger partial charge in [-0.05, 0) is 18.1 Å². The Balaban J connectivity index is 1.59. The van der Waals surface area contributed by atoms with Crippen molar-refractivity contribution in [2.24, 2.45) is 0 Å². The third kappa shape index (κ3) is 4.39. The number of aliphatic hydroxyl groups is 1. The quantitative estimate of drug-likeness (QED) is 0.510. The number of aromatic nitrogens is 3. The first kappa shape index (κ1) is 21.2. The third-order valence-electron chi connectivity index (χ3n) is 5.15. The molecular formula is C21H24ClN5O4. The Bertz CT molecular complexity index is 1100. The van der Waals surface area contributed by atoms with Crippen LogP contribution in [0.5, 0.6) is 17.2 Å². The van der Waals surface area contributed by atoms with Crippen LogP contribution in [0.3, 0.4) is 0 Å². The van der Waals surface area contributed by atoms with E-state index < -0.39 is 0 Å². The Morgan fingerprint density at radius 3 is 2.68 bits per heavy atom. The number of ether oxygens (including phenoxy) is 2. The monoisotopic (exact) mass is 445 g/mol. The molecule has 3 aromatic rings. The smallest absolute Gasteiger partial charge is 0.229 e. The SMILES string of the molecule is COc1cc(Nc2ncc(Cl)c(-n3cc(C)c(CN4CC(O)C4)c3)n2)cc(O)c1OC. The molecule has 0 amide bonds. The number of hydrogen-bond acceptors (Lipinski definition) is 8. The molecule has 1 aliphatic heterocycles. The standard InChI is InChI=1S/C21H24ClN5O4/c1-12-7-27(9-13(12)8-26-10-15(28)11-26)20-16(22)6-23-21(25-20)24-14-4-17(29)19(31-3)18(5-14)30-2/h4-7,9,15,28-29H,8,10-11H2,1-3H3,(H,23,24,25). The average Bonchev–Trinajstić information content (AvgIpc) is 3.08. The molecule has 0 saturated carbocycles. The van der Waals surface area contributed by atoms with Gasteiger partial charge in [-0.3, -0.25) is 4.90 Å². The van der Waals surface area contributed by atoms with Gasteiger partial charge in [-0.1, -0.05) is 11.6 Å². The molecule has 10 heteroatoms. The summed E-state index contributed by atoms with van der Waals surface area (Å²) in [5.41, 5.74) is 2.78. The largest absolute Gasteiger partial charge is 0.504 e. The van der Waals surface area contributed by atoms with E-state index in [4.69, 9.17) is 21.1 Å². The maximum Gasteiger partial charge on any atom is 0.229 e. The van der Waals surface area contributed by atoms with Crippen LogP contribution in [0, 0.1) is 6.92 Å². The Labute approximate surface area is 184 Å². The van der Waals surface area contributed by atoms with Crippen LogP contribution in [0.15, 0.2) is 30.7 Å². The molecule has 0 aliphatic carbocycles. The van der Waals surface area contributed by atoms with E-state index in [1.165, 1.54) is 26.5 Å². The number of phenols is 1. The van der Waals surface area contributed by atoms with Crippen LogP contribution in [0.25, 0.3) is 5.82 Å². The second-order valence-electron chi connectivity index (χ2n) is 7.44. The van der Waals surface area contributed by atoms with Crippen LogP contribution < -0.4 is 14.8 Å². The summed E-state index contributed by atoms with van der Waals surface area (Å²) in [4.78, 5) is 11.0. The van der Waals surface area contributed by atoms with Gasteiger partial charge in [-0.15, -0.1) is 0 Å². The minimum Gasteiger partial charge on any atom is -0.504 e. The van der Waals surface area contributed by atoms with E-state index in [0.717, 1.165) is 17.7 Å². The fourth-order valence-corrected chi connectivity index (χ4v) is 3.73. The summed E-state index contributed by atoms with van der Waals surface area (Å²) in [6.07, 6.45) is 5.24. The summed E-state index contributed by atoms with van der Waals surface area (Å²) in [5.74, 6) is 1.39. The number of nitrogens with zero attached hydrogens (tertiary/aromatic N) is 4. The number of phenolic OH excluding ortho intramolecular Hbond substituents is 1. The van der Waals surface area contributed by atoms with E-state index >= 15 is 0 Å². The normalized spacial score (nSPS) is 14.4. The number of anilines is 2. The van der Waals surface area contributed by atoms with E-state index in [2.05, 4.69) is 20.2 Å². The van der Waals surface area contributed by atoms with E-state index in [9.17, 15) is 10.2 Å². The number of halogens is 1. The minimum atomic E-state index is -0.233. The Morgan fingerprint density at radius 1 is 1.23 bits per heavy atom. The lowest BCUT2D eigenvalue weighted by Gasteiger charge is -2.35. The predicted molar refractivity (Wildman–Crippen MR) is 117 cm³/mol. The van der Waals surface area contributed by atoms with Crippen molar-refractivity contribution in [1.82, 2.24) is 19.4 Å². The molecule has 164 valence electrons. The van der Waals surface area contributed by atoms with E-state index in [1.807, 2.05) is 23.9 Å². The van der Waals surface area contributed by atoms with Gasteiger partial charge in [0.25, 0.3) is 0 Å². The zero-order chi connectivity index (χ0) is 22.1. The maximum absolute atomic E-state index is 10.2. The highest BCUT2D eigenvalue weighted by Crippen LogP contribution is 2.39. The Kier molecular flexibility index (Phi) is 5.90. The number of hydrogen-bond donors (Lipinski definition) is 3. The molecule has 0 unspecified atom stereocenters. The maximum atomic E-state index is 10.2. The second-order valence-corrected chi connectivity index (χ2v) is 7.85. The molecule has 1 aromatic carbocycles. The van der Waals surface area contributed by atoms with Gasteiger partial charge in [-0.25, -0.2) is 4.98 Å². The third-order valence-corrected chi connectivity index (χ3v) is 5.42. The fraction of sp³-hybridized carbons (Fsp3) is 0.333. The van der Waals surface area contributed by atoms with Crippen LogP contribution >= 0.6 is 11.6 Å². The number of benzene rings is 1. The highest BCUT2D eigenvalue weighted by molar-refractivity contribution is 6.32. The van der Waals surface area contributed by atoms with E-state index in [-0.39, 0.29) is 17.6 Å². The summed E-state index contributed by atoms with van der Waals surface area (Å²) >= 11 is 6.38. The van der Waals surface area contributed by atoms with Crippen molar-refractivity contribution >= 4 is 23.2 Å². The van der Waals surface area contributed by atoms with Gasteiger partial charge >= 0.3 is 0 Å². The number of β-amino-alcohol motifs (C(OH)–C–C–N with tert-alkyl or cyclic N) is 1. The highest BCUT2D eigenvalue weighted by atomic mass is 35.5. The highest BCUT2D eigenvalue weighted by Gasteiger charge is 2.25. The van der Waals surface area contributed by atoms with Crippen molar-refractivity contribution in [2.75, 3.05) is 32.6 Å². The van der Waals surface area contributed by atoms with Crippen LogP contribution in [-0.2, 0) is 6.54 Å². The van der Waals surface area contributed by atoms with Gasteiger partial charge < -0.3 is 29.6 Å². The molecule has 0 bridgehead atoms. The summed E-state index contributed by atoms with van der Waals surface area (Å²) in [7, 11) is 2.95. The first-order chi connectivity index (χ1) is 14.9. The molecule has 0 atom stereocenters. The molecular weight excluding hydrogens is 422 g/mol. The first-order valence-electron chi connectivity index (χ1n) is 9.70. The van der Waals surface area contributed by atoms with Gasteiger partial charge in [0, 0.05) is 49.8 Å². The van der Waals surface area contributed by atoms with Crippen LogP contribution in [0.1, 0.15) is 11.1 Å². The number of rotatable bonds is 7. The van der Waals surface area contributed by atoms with Crippen LogP contribution in [-0.4, -0.2) is 63.1 Å². The number of aromatic hydroxyl groups is 1. The molecule has 31 heavy (non-hydrogen) atoms. The van der Waals surface area contributed by atoms with Crippen molar-refractivity contribution in [3.8, 4) is 23.1 Å². The molecule has 1 saturated heterocycles. The lowest BCUT2D eigenvalue weighted by atomic mass is 10.1. The molecule has 3 heterocycles. The van der Waals surface area contributed by atoms with Gasteiger partial charge in [-0.2, -0.15) is 4.98 Å². The van der Waals surface area contributed by atoms with Crippen LogP contribution in [0.2, 0.25) is 5.02 Å². The molecule has 1 aliphatic rings. The fourth-order valence-electron chi connectivity index (χ4n) is 3.54. The van der Waals surface area contributed by atoms with Gasteiger partial charge in [0.2, 0.25) is 11.7 Å². The topological polar surface area (TPSA) is 105 Å². The van der Waals surface area contributed by atoms with E-state index in [0.29, 0.717) is 41.3 Å². The molecule has 0 spiro atoms. The van der Waals surface area contributed by atoms with Gasteiger partial charge in [0.1, 0.15) is 5.02 Å². The lowest BCUT2D eigenvalue weighted by molar-refractivity contribution is -0.00295. The lowest BCUT2D eigenvalue weighted by Crippen LogP contribution is -2.49. The number of aliphatic hydroxyl groups excluding tert-OH is 1. The van der Waals surface area contributed by atoms with Crippen molar-refractivity contribution in [3.05, 3.63) is 46.9 Å². The van der Waals surface area contributed by atoms with Crippen LogP contribution in [0.4, 0.5) is 11.6 Å². The summed E-state index contributed by atoms with van der Waals surface area (Å²) in [6.45, 7) is 4.16. The molecule has 3 N–H and O–H groups in total. The van der Waals surface area contributed by atoms with Crippen molar-refractivity contribution in [1.29, 1.82) is 0 Å². The summed E-state index contributed by atoms with van der Waals surface area (Å²) in [6, 6.07) is 3.17. The number of aryl methyl sites for hydroxylation is 1. The van der Waals surface area contributed by atoms with Gasteiger partial charge in [0.05, 0.1) is 26.5 Å². The molecule has 9 nitrogen and oxygen atoms in total. The first-order valence-corrected chi connectivity index (χ1v) is 10.1. The molecule has 1 fully saturated rings.